The first-order valence-corrected chi connectivity index (χ1v) is 7.42. The second-order valence-corrected chi connectivity index (χ2v) is 5.48. The molecule has 1 heterocycles. The lowest BCUT2D eigenvalue weighted by Gasteiger charge is -2.03. The topological polar surface area (TPSA) is 45.4 Å². The second kappa shape index (κ2) is 6.69. The molecule has 0 unspecified atom stereocenters. The molecule has 1 aromatic heterocycles. The summed E-state index contributed by atoms with van der Waals surface area (Å²) in [7, 11) is 0. The summed E-state index contributed by atoms with van der Waals surface area (Å²) in [6.45, 7) is 1.37. The van der Waals surface area contributed by atoms with E-state index in [0.717, 1.165) is 29.2 Å². The van der Waals surface area contributed by atoms with Crippen LogP contribution in [-0.4, -0.2) is 5.11 Å². The minimum Gasteiger partial charge on any atom is -0.508 e. The van der Waals surface area contributed by atoms with Crippen LogP contribution >= 0.6 is 11.6 Å². The van der Waals surface area contributed by atoms with Crippen LogP contribution in [0.3, 0.4) is 0 Å². The highest BCUT2D eigenvalue weighted by atomic mass is 35.5. The first kappa shape index (κ1) is 14.7. The van der Waals surface area contributed by atoms with Gasteiger partial charge in [-0.1, -0.05) is 23.7 Å². The van der Waals surface area contributed by atoms with Gasteiger partial charge in [0, 0.05) is 17.1 Å². The summed E-state index contributed by atoms with van der Waals surface area (Å²) in [6, 6.07) is 18.7. The highest BCUT2D eigenvalue weighted by Crippen LogP contribution is 2.23. The molecule has 0 radical (unpaired) electrons. The lowest BCUT2D eigenvalue weighted by molar-refractivity contribution is 0.474. The van der Waals surface area contributed by atoms with Crippen molar-refractivity contribution < 1.29 is 9.52 Å². The monoisotopic (exact) mass is 313 g/mol. The molecule has 0 saturated carbocycles. The molecular formula is C18H16ClNO2. The zero-order valence-corrected chi connectivity index (χ0v) is 12.7. The Morgan fingerprint density at radius 1 is 0.864 bits per heavy atom. The van der Waals surface area contributed by atoms with E-state index in [1.807, 2.05) is 48.5 Å². The Bertz CT molecular complexity index is 733. The number of phenolic OH excluding ortho intramolecular Hbond substituents is 1. The van der Waals surface area contributed by atoms with Crippen molar-refractivity contribution in [2.45, 2.75) is 13.1 Å². The number of rotatable bonds is 5. The van der Waals surface area contributed by atoms with Crippen LogP contribution in [0.15, 0.2) is 65.1 Å². The fourth-order valence-corrected chi connectivity index (χ4v) is 2.31. The smallest absolute Gasteiger partial charge is 0.134 e. The third-order valence-electron chi connectivity index (χ3n) is 3.36. The lowest BCUT2D eigenvalue weighted by atomic mass is 10.2. The van der Waals surface area contributed by atoms with Gasteiger partial charge in [0.25, 0.3) is 0 Å². The maximum absolute atomic E-state index is 9.24. The molecule has 112 valence electrons. The largest absolute Gasteiger partial charge is 0.508 e. The Balaban J connectivity index is 1.57. The van der Waals surface area contributed by atoms with Crippen molar-refractivity contribution in [1.29, 1.82) is 0 Å². The quantitative estimate of drug-likeness (QED) is 0.724. The Hall–Kier alpha value is -2.23. The predicted octanol–water partition coefficient (Wildman–Crippen LogP) is 4.60. The first-order chi connectivity index (χ1) is 10.7. The molecule has 3 nitrogen and oxygen atoms in total. The molecule has 0 amide bonds. The Morgan fingerprint density at radius 2 is 1.59 bits per heavy atom. The Morgan fingerprint density at radius 3 is 2.32 bits per heavy atom. The van der Waals surface area contributed by atoms with Crippen LogP contribution in [0.25, 0.3) is 11.3 Å². The van der Waals surface area contributed by atoms with Gasteiger partial charge in [0.2, 0.25) is 0 Å². The van der Waals surface area contributed by atoms with Gasteiger partial charge in [-0.05, 0) is 54.1 Å². The maximum atomic E-state index is 9.24. The Kier molecular flexibility index (Phi) is 4.47. The molecule has 0 aliphatic rings. The van der Waals surface area contributed by atoms with Crippen molar-refractivity contribution >= 4 is 11.6 Å². The Labute approximate surface area is 134 Å². The average Bonchev–Trinajstić information content (AvgIpc) is 2.99. The standard InChI is InChI=1S/C18H16ClNO2/c19-15-5-3-14(4-6-15)18-10-9-17(22-18)12-20-11-13-1-7-16(21)8-2-13/h1-10,20-21H,11-12H2. The number of hydrogen-bond acceptors (Lipinski definition) is 3. The van der Waals surface area contributed by atoms with Crippen molar-refractivity contribution in [2.24, 2.45) is 0 Å². The van der Waals surface area contributed by atoms with Crippen LogP contribution in [0, 0.1) is 0 Å². The molecule has 4 heteroatoms. The molecule has 2 N–H and O–H groups in total. The minimum absolute atomic E-state index is 0.280. The van der Waals surface area contributed by atoms with E-state index in [0.29, 0.717) is 11.6 Å². The second-order valence-electron chi connectivity index (χ2n) is 5.04. The van der Waals surface area contributed by atoms with E-state index in [4.69, 9.17) is 16.0 Å². The van der Waals surface area contributed by atoms with Crippen molar-refractivity contribution in [3.05, 3.63) is 77.0 Å². The molecule has 22 heavy (non-hydrogen) atoms. The average molecular weight is 314 g/mol. The van der Waals surface area contributed by atoms with Gasteiger partial charge in [0.15, 0.2) is 0 Å². The van der Waals surface area contributed by atoms with Crippen LogP contribution < -0.4 is 5.32 Å². The fraction of sp³-hybridized carbons (Fsp3) is 0.111. The molecule has 2 aromatic carbocycles. The first-order valence-electron chi connectivity index (χ1n) is 7.04. The van der Waals surface area contributed by atoms with Gasteiger partial charge < -0.3 is 14.8 Å². The van der Waals surface area contributed by atoms with E-state index in [1.165, 1.54) is 0 Å². The van der Waals surface area contributed by atoms with Crippen LogP contribution in [0.4, 0.5) is 0 Å². The molecule has 0 aliphatic heterocycles. The van der Waals surface area contributed by atoms with Gasteiger partial charge in [-0.2, -0.15) is 0 Å². The maximum Gasteiger partial charge on any atom is 0.134 e. The van der Waals surface area contributed by atoms with E-state index in [9.17, 15) is 5.11 Å². The van der Waals surface area contributed by atoms with E-state index in [2.05, 4.69) is 5.32 Å². The fourth-order valence-electron chi connectivity index (χ4n) is 2.19. The van der Waals surface area contributed by atoms with Crippen LogP contribution in [-0.2, 0) is 13.1 Å². The van der Waals surface area contributed by atoms with Gasteiger partial charge in [-0.25, -0.2) is 0 Å². The van der Waals surface area contributed by atoms with E-state index in [-0.39, 0.29) is 5.75 Å². The number of hydrogen-bond donors (Lipinski definition) is 2. The van der Waals surface area contributed by atoms with Crippen molar-refractivity contribution in [3.8, 4) is 17.1 Å². The number of halogens is 1. The van der Waals surface area contributed by atoms with E-state index < -0.39 is 0 Å². The van der Waals surface area contributed by atoms with Gasteiger partial charge in [0.1, 0.15) is 17.3 Å². The third-order valence-corrected chi connectivity index (χ3v) is 3.61. The van der Waals surface area contributed by atoms with Crippen molar-refractivity contribution in [1.82, 2.24) is 5.32 Å². The predicted molar refractivity (Wildman–Crippen MR) is 87.8 cm³/mol. The van der Waals surface area contributed by atoms with Gasteiger partial charge >= 0.3 is 0 Å². The summed E-state index contributed by atoms with van der Waals surface area (Å²) in [4.78, 5) is 0. The summed E-state index contributed by atoms with van der Waals surface area (Å²) in [5.74, 6) is 1.99. The van der Waals surface area contributed by atoms with Gasteiger partial charge in [-0.3, -0.25) is 0 Å². The van der Waals surface area contributed by atoms with Gasteiger partial charge in [0.05, 0.1) is 6.54 Å². The van der Waals surface area contributed by atoms with E-state index >= 15 is 0 Å². The molecule has 3 rings (SSSR count). The number of nitrogens with one attached hydrogen (secondary N) is 1. The van der Waals surface area contributed by atoms with Crippen LogP contribution in [0.5, 0.6) is 5.75 Å². The number of aromatic hydroxyl groups is 1. The zero-order valence-electron chi connectivity index (χ0n) is 11.9. The summed E-state index contributed by atoms with van der Waals surface area (Å²) in [5, 5.41) is 13.3. The van der Waals surface area contributed by atoms with E-state index in [1.54, 1.807) is 12.1 Å². The summed E-state index contributed by atoms with van der Waals surface area (Å²) in [5.41, 5.74) is 2.12. The zero-order chi connectivity index (χ0) is 15.4. The SMILES string of the molecule is Oc1ccc(CNCc2ccc(-c3ccc(Cl)cc3)o2)cc1. The summed E-state index contributed by atoms with van der Waals surface area (Å²) in [6.07, 6.45) is 0. The molecule has 0 bridgehead atoms. The number of benzene rings is 2. The highest BCUT2D eigenvalue weighted by Gasteiger charge is 2.04. The normalized spacial score (nSPS) is 10.8. The molecular weight excluding hydrogens is 298 g/mol. The lowest BCUT2D eigenvalue weighted by Crippen LogP contribution is -2.11. The molecule has 0 saturated heterocycles. The molecule has 0 aliphatic carbocycles. The van der Waals surface area contributed by atoms with Crippen molar-refractivity contribution in [3.63, 3.8) is 0 Å². The molecule has 0 atom stereocenters. The summed E-state index contributed by atoms with van der Waals surface area (Å²) >= 11 is 5.88. The summed E-state index contributed by atoms with van der Waals surface area (Å²) < 4.78 is 5.82. The highest BCUT2D eigenvalue weighted by molar-refractivity contribution is 6.30. The molecule has 3 aromatic rings. The van der Waals surface area contributed by atoms with Crippen LogP contribution in [0.1, 0.15) is 11.3 Å². The van der Waals surface area contributed by atoms with Gasteiger partial charge in [-0.15, -0.1) is 0 Å². The van der Waals surface area contributed by atoms with Crippen molar-refractivity contribution in [2.75, 3.05) is 0 Å². The number of furan rings is 1. The number of phenols is 1. The third kappa shape index (κ3) is 3.70. The molecule has 0 spiro atoms. The molecule has 0 fully saturated rings. The van der Waals surface area contributed by atoms with Crippen LogP contribution in [0.2, 0.25) is 5.02 Å². The minimum atomic E-state index is 0.280.